The fraction of sp³-hybridized carbons (Fsp3) is 1.00. The van der Waals surface area contributed by atoms with Gasteiger partial charge in [-0.05, 0) is 18.3 Å². The van der Waals surface area contributed by atoms with Crippen molar-refractivity contribution >= 4 is 16.4 Å². The van der Waals surface area contributed by atoms with Crippen LogP contribution in [-0.2, 0) is 0 Å². The normalized spacial score (nSPS) is 62.5. The summed E-state index contributed by atoms with van der Waals surface area (Å²) in [5, 5.41) is 0. The molecule has 0 aromatic rings. The van der Waals surface area contributed by atoms with E-state index in [1.165, 1.54) is 24.2 Å². The minimum atomic E-state index is -1.36. The summed E-state index contributed by atoms with van der Waals surface area (Å²) in [6.45, 7) is 2.60. The van der Waals surface area contributed by atoms with Gasteiger partial charge in [0.15, 0.2) is 0 Å². The van der Waals surface area contributed by atoms with Gasteiger partial charge in [0.2, 0.25) is 0 Å². The first-order valence-electron chi connectivity index (χ1n) is 5.32. The van der Waals surface area contributed by atoms with Crippen molar-refractivity contribution in [3.05, 3.63) is 0 Å². The molecule has 2 N–H and O–H groups in total. The molecule has 4 aliphatic heterocycles. The highest BCUT2D eigenvalue weighted by Gasteiger charge is 2.62. The van der Waals surface area contributed by atoms with Crippen LogP contribution >= 0.6 is 0 Å². The Morgan fingerprint density at radius 3 is 2.08 bits per heavy atom. The van der Waals surface area contributed by atoms with Crippen molar-refractivity contribution in [1.29, 1.82) is 0 Å². The van der Waals surface area contributed by atoms with E-state index in [-0.39, 0.29) is 0 Å². The molecule has 0 aromatic heterocycles. The van der Waals surface area contributed by atoms with Gasteiger partial charge in [0, 0.05) is 17.8 Å². The first-order chi connectivity index (χ1) is 5.57. The summed E-state index contributed by atoms with van der Waals surface area (Å²) < 4.78 is 0. The van der Waals surface area contributed by atoms with E-state index in [4.69, 9.17) is 4.80 Å². The molecule has 4 rings (SSSR count). The Labute approximate surface area is 76.3 Å². The highest BCUT2D eigenvalue weighted by Crippen LogP contribution is 2.56. The Hall–Kier alpha value is 0.394. The lowest BCUT2D eigenvalue weighted by Crippen LogP contribution is -2.61. The van der Waals surface area contributed by atoms with Crippen molar-refractivity contribution < 1.29 is 4.80 Å². The van der Waals surface area contributed by atoms with Crippen LogP contribution in [-0.4, -0.2) is 21.2 Å². The first kappa shape index (κ1) is 7.77. The summed E-state index contributed by atoms with van der Waals surface area (Å²) in [5.74, 6) is 2.10. The van der Waals surface area contributed by atoms with Gasteiger partial charge in [0.05, 0.1) is 8.07 Å². The lowest BCUT2D eigenvalue weighted by atomic mass is 9.98. The van der Waals surface area contributed by atoms with E-state index in [9.17, 15) is 0 Å². The molecule has 4 saturated heterocycles. The maximum atomic E-state index is 8.51. The zero-order valence-corrected chi connectivity index (χ0v) is 9.90. The van der Waals surface area contributed by atoms with Crippen LogP contribution in [0.5, 0.6) is 0 Å². The van der Waals surface area contributed by atoms with E-state index in [2.05, 4.69) is 6.55 Å². The molecule has 12 heavy (non-hydrogen) atoms. The molecule has 0 radical (unpaired) electrons. The van der Waals surface area contributed by atoms with Crippen LogP contribution in [0.15, 0.2) is 0 Å². The maximum absolute atomic E-state index is 8.51. The second-order valence-corrected chi connectivity index (χ2v) is 15.3. The summed E-state index contributed by atoms with van der Waals surface area (Å²) in [6.07, 6.45) is 1.52. The zero-order chi connectivity index (χ0) is 8.40. The van der Waals surface area contributed by atoms with Crippen LogP contribution < -0.4 is 0 Å². The maximum Gasteiger partial charge on any atom is 0.381 e. The predicted molar refractivity (Wildman–Crippen MR) is 56.6 cm³/mol. The van der Waals surface area contributed by atoms with Crippen molar-refractivity contribution in [1.82, 2.24) is 0 Å². The predicted octanol–water partition coefficient (Wildman–Crippen LogP) is 1.94. The average Bonchev–Trinajstić information content (AvgIpc) is 1.75. The largest absolute Gasteiger partial charge is 0.542 e. The van der Waals surface area contributed by atoms with Gasteiger partial charge in [0.1, 0.15) is 0 Å². The van der Waals surface area contributed by atoms with E-state index in [1.54, 1.807) is 12.1 Å². The fourth-order valence-corrected chi connectivity index (χ4v) is 20.7. The standard InChI is InChI=1S/C9H18OSi2/c1-11-3-8-2-9(4-11)6-12(10,5-8)7-11/h8-10H,2-7H2,1H3/p+1/t8-,9+,11?,12?. The molecule has 4 atom stereocenters. The van der Waals surface area contributed by atoms with E-state index in [1.807, 2.05) is 0 Å². The monoisotopic (exact) mass is 199 g/mol. The molecular formula is C9H19OSi2+. The minimum Gasteiger partial charge on any atom is -0.542 e. The first-order valence-corrected chi connectivity index (χ1v) is 11.1. The van der Waals surface area contributed by atoms with Crippen LogP contribution in [0, 0.1) is 11.8 Å². The Kier molecular flexibility index (Phi) is 1.34. The molecule has 1 nitrogen and oxygen atoms in total. The molecule has 0 aromatic carbocycles. The Morgan fingerprint density at radius 2 is 1.67 bits per heavy atom. The van der Waals surface area contributed by atoms with E-state index >= 15 is 0 Å². The zero-order valence-electron chi connectivity index (χ0n) is 7.90. The topological polar surface area (TPSA) is 22.9 Å². The lowest BCUT2D eigenvalue weighted by molar-refractivity contribution is 0.342. The average molecular weight is 199 g/mol. The summed E-state index contributed by atoms with van der Waals surface area (Å²) in [6, 6.07) is 6.01. The molecule has 2 unspecified atom stereocenters. The van der Waals surface area contributed by atoms with Crippen LogP contribution in [0.2, 0.25) is 36.4 Å². The van der Waals surface area contributed by atoms with Gasteiger partial charge in [-0.1, -0.05) is 18.6 Å². The number of hydrogen-bond donors (Lipinski definition) is 0. The lowest BCUT2D eigenvalue weighted by Gasteiger charge is -2.53. The van der Waals surface area contributed by atoms with Gasteiger partial charge in [0.25, 0.3) is 0 Å². The summed E-state index contributed by atoms with van der Waals surface area (Å²) in [5.41, 5.74) is 1.48. The van der Waals surface area contributed by atoms with Crippen molar-refractivity contribution in [3.63, 3.8) is 0 Å². The van der Waals surface area contributed by atoms with Gasteiger partial charge in [-0.25, -0.2) is 0 Å². The van der Waals surface area contributed by atoms with Crippen LogP contribution in [0.1, 0.15) is 6.42 Å². The third-order valence-electron chi connectivity index (χ3n) is 4.35. The molecule has 4 bridgehead atoms. The minimum absolute atomic E-state index is 0.798. The SMILES string of the molecule is C[Si]12C[C@H]3C[C@@H](C1)C[Si]([OH2+])(C3)C2. The second-order valence-electron chi connectivity index (χ2n) is 6.05. The van der Waals surface area contributed by atoms with Gasteiger partial charge in [-0.15, -0.1) is 0 Å². The molecule has 0 aliphatic carbocycles. The highest BCUT2D eigenvalue weighted by atomic mass is 28.4. The molecule has 4 fully saturated rings. The molecule has 0 spiro atoms. The number of hydrogen-bond acceptors (Lipinski definition) is 0. The number of rotatable bonds is 0. The van der Waals surface area contributed by atoms with E-state index in [0.717, 1.165) is 11.8 Å². The Morgan fingerprint density at radius 1 is 1.08 bits per heavy atom. The molecule has 0 saturated carbocycles. The van der Waals surface area contributed by atoms with Gasteiger partial charge < -0.3 is 4.80 Å². The summed E-state index contributed by atoms with van der Waals surface area (Å²) >= 11 is 0. The molecule has 0 amide bonds. The van der Waals surface area contributed by atoms with E-state index in [0.29, 0.717) is 0 Å². The van der Waals surface area contributed by atoms with Gasteiger partial charge in [-0.2, -0.15) is 0 Å². The third-order valence-corrected chi connectivity index (χ3v) is 16.3. The molecule has 3 heteroatoms. The van der Waals surface area contributed by atoms with Crippen LogP contribution in [0.3, 0.4) is 0 Å². The molecular weight excluding hydrogens is 180 g/mol. The van der Waals surface area contributed by atoms with Crippen LogP contribution in [0.4, 0.5) is 0 Å². The summed E-state index contributed by atoms with van der Waals surface area (Å²) in [7, 11) is -2.16. The quantitative estimate of drug-likeness (QED) is 0.420. The van der Waals surface area contributed by atoms with Gasteiger partial charge in [-0.3, -0.25) is 0 Å². The van der Waals surface area contributed by atoms with Crippen molar-refractivity contribution in [3.8, 4) is 0 Å². The molecule has 4 heterocycles. The van der Waals surface area contributed by atoms with Crippen molar-refractivity contribution in [2.24, 2.45) is 11.8 Å². The second kappa shape index (κ2) is 2.07. The smallest absolute Gasteiger partial charge is 0.381 e. The van der Waals surface area contributed by atoms with Gasteiger partial charge >= 0.3 is 8.32 Å². The van der Waals surface area contributed by atoms with E-state index < -0.39 is 16.4 Å². The third kappa shape index (κ3) is 0.993. The van der Waals surface area contributed by atoms with Crippen molar-refractivity contribution in [2.75, 3.05) is 0 Å². The van der Waals surface area contributed by atoms with Crippen LogP contribution in [0.25, 0.3) is 0 Å². The highest BCUT2D eigenvalue weighted by molar-refractivity contribution is 6.96. The Balaban J connectivity index is 1.98. The fourth-order valence-electron chi connectivity index (χ4n) is 4.72. The molecule has 4 aliphatic rings. The Bertz CT molecular complexity index is 195. The van der Waals surface area contributed by atoms with Crippen molar-refractivity contribution in [2.45, 2.75) is 42.8 Å². The summed E-state index contributed by atoms with van der Waals surface area (Å²) in [4.78, 5) is 8.51. The molecule has 68 valence electrons.